The lowest BCUT2D eigenvalue weighted by Gasteiger charge is -2.11. The summed E-state index contributed by atoms with van der Waals surface area (Å²) in [6.07, 6.45) is 0. The van der Waals surface area contributed by atoms with E-state index in [9.17, 15) is 18.0 Å². The Hall–Kier alpha value is -2.22. The number of hydrogen-bond donors (Lipinski definition) is 0. The van der Waals surface area contributed by atoms with Crippen LogP contribution in [-0.4, -0.2) is 45.2 Å². The molecule has 0 unspecified atom stereocenters. The number of Topliss-reactive ketones (excluding diaryl/α,β-unsaturated/α-hetero) is 1. The van der Waals surface area contributed by atoms with Crippen molar-refractivity contribution in [2.45, 2.75) is 4.90 Å². The lowest BCUT2D eigenvalue weighted by Crippen LogP contribution is -2.22. The molecule has 0 radical (unpaired) electrons. The Morgan fingerprint density at radius 3 is 2.00 bits per heavy atom. The Morgan fingerprint density at radius 2 is 1.48 bits per heavy atom. The second-order valence-electron chi connectivity index (χ2n) is 5.32. The average molecular weight is 382 g/mol. The molecule has 0 saturated heterocycles. The molecule has 8 heteroatoms. The minimum absolute atomic E-state index is 0.0614. The first-order valence-electron chi connectivity index (χ1n) is 7.20. The van der Waals surface area contributed by atoms with Crippen molar-refractivity contribution in [3.8, 4) is 0 Å². The SMILES string of the molecule is CN(C)S(=O)(=O)c1ccc(C(=O)OCC(=O)c2ccc(Cl)cc2)cc1. The first-order valence-corrected chi connectivity index (χ1v) is 9.02. The molecule has 6 nitrogen and oxygen atoms in total. The number of sulfonamides is 1. The molecule has 0 N–H and O–H groups in total. The molecule has 2 aromatic carbocycles. The van der Waals surface area contributed by atoms with Gasteiger partial charge in [0, 0.05) is 24.7 Å². The van der Waals surface area contributed by atoms with Crippen molar-refractivity contribution in [2.24, 2.45) is 0 Å². The van der Waals surface area contributed by atoms with Crippen LogP contribution in [0, 0.1) is 0 Å². The number of esters is 1. The van der Waals surface area contributed by atoms with Crippen LogP contribution < -0.4 is 0 Å². The van der Waals surface area contributed by atoms with Crippen molar-refractivity contribution >= 4 is 33.4 Å². The number of carbonyl (C=O) groups excluding carboxylic acids is 2. The van der Waals surface area contributed by atoms with Gasteiger partial charge < -0.3 is 4.74 Å². The van der Waals surface area contributed by atoms with Crippen molar-refractivity contribution in [2.75, 3.05) is 20.7 Å². The van der Waals surface area contributed by atoms with Crippen LogP contribution in [0.3, 0.4) is 0 Å². The van der Waals surface area contributed by atoms with E-state index in [0.29, 0.717) is 10.6 Å². The lowest BCUT2D eigenvalue weighted by atomic mass is 10.1. The number of benzene rings is 2. The quantitative estimate of drug-likeness (QED) is 0.567. The zero-order chi connectivity index (χ0) is 18.6. The summed E-state index contributed by atoms with van der Waals surface area (Å²) in [5, 5.41) is 0.501. The molecule has 0 spiro atoms. The van der Waals surface area contributed by atoms with E-state index in [1.54, 1.807) is 24.3 Å². The molecular formula is C17H16ClNO5S. The highest BCUT2D eigenvalue weighted by Gasteiger charge is 2.18. The van der Waals surface area contributed by atoms with Gasteiger partial charge in [-0.05, 0) is 48.5 Å². The van der Waals surface area contributed by atoms with Crippen molar-refractivity contribution in [1.82, 2.24) is 4.31 Å². The van der Waals surface area contributed by atoms with E-state index in [2.05, 4.69) is 0 Å². The highest BCUT2D eigenvalue weighted by molar-refractivity contribution is 7.89. The highest BCUT2D eigenvalue weighted by atomic mass is 35.5. The second kappa shape index (κ2) is 7.77. The molecule has 0 amide bonds. The van der Waals surface area contributed by atoms with Crippen LogP contribution in [0.2, 0.25) is 5.02 Å². The summed E-state index contributed by atoms with van der Waals surface area (Å²) in [4.78, 5) is 24.0. The number of carbonyl (C=O) groups is 2. The van der Waals surface area contributed by atoms with Crippen LogP contribution >= 0.6 is 11.6 Å². The van der Waals surface area contributed by atoms with Gasteiger partial charge >= 0.3 is 5.97 Å². The lowest BCUT2D eigenvalue weighted by molar-refractivity contribution is 0.0474. The molecule has 132 valence electrons. The van der Waals surface area contributed by atoms with Crippen molar-refractivity contribution in [1.29, 1.82) is 0 Å². The Morgan fingerprint density at radius 1 is 0.960 bits per heavy atom. The highest BCUT2D eigenvalue weighted by Crippen LogP contribution is 2.15. The van der Waals surface area contributed by atoms with E-state index < -0.39 is 22.6 Å². The summed E-state index contributed by atoms with van der Waals surface area (Å²) >= 11 is 5.75. The van der Waals surface area contributed by atoms with Crippen LogP contribution in [0.1, 0.15) is 20.7 Å². The smallest absolute Gasteiger partial charge is 0.338 e. The van der Waals surface area contributed by atoms with Crippen molar-refractivity contribution < 1.29 is 22.7 Å². The van der Waals surface area contributed by atoms with E-state index >= 15 is 0 Å². The molecule has 0 atom stereocenters. The van der Waals surface area contributed by atoms with Gasteiger partial charge in [0.2, 0.25) is 10.0 Å². The molecule has 2 aromatic rings. The number of ketones is 1. The molecule has 0 heterocycles. The zero-order valence-electron chi connectivity index (χ0n) is 13.6. The minimum Gasteiger partial charge on any atom is -0.454 e. The van der Waals surface area contributed by atoms with Crippen LogP contribution in [0.5, 0.6) is 0 Å². The van der Waals surface area contributed by atoms with E-state index in [1.165, 1.54) is 38.4 Å². The molecule has 0 saturated carbocycles. The fraction of sp³-hybridized carbons (Fsp3) is 0.176. The fourth-order valence-corrected chi connectivity index (χ4v) is 2.93. The molecule has 0 bridgehead atoms. The summed E-state index contributed by atoms with van der Waals surface area (Å²) in [6, 6.07) is 11.5. The molecule has 25 heavy (non-hydrogen) atoms. The number of nitrogens with zero attached hydrogens (tertiary/aromatic N) is 1. The summed E-state index contributed by atoms with van der Waals surface area (Å²) in [5.41, 5.74) is 0.534. The van der Waals surface area contributed by atoms with Gasteiger partial charge in [-0.15, -0.1) is 0 Å². The fourth-order valence-electron chi connectivity index (χ4n) is 1.91. The van der Waals surface area contributed by atoms with Gasteiger partial charge in [-0.2, -0.15) is 0 Å². The van der Waals surface area contributed by atoms with E-state index in [-0.39, 0.29) is 16.2 Å². The second-order valence-corrected chi connectivity index (χ2v) is 7.91. The van der Waals surface area contributed by atoms with Gasteiger partial charge in [0.05, 0.1) is 10.5 Å². The maximum Gasteiger partial charge on any atom is 0.338 e. The van der Waals surface area contributed by atoms with Gasteiger partial charge in [-0.25, -0.2) is 17.5 Å². The standard InChI is InChI=1S/C17H16ClNO5S/c1-19(2)25(22,23)15-9-5-13(6-10-15)17(21)24-11-16(20)12-3-7-14(18)8-4-12/h3-10H,11H2,1-2H3. The summed E-state index contributed by atoms with van der Waals surface area (Å²) in [6.45, 7) is -0.418. The van der Waals surface area contributed by atoms with Crippen molar-refractivity contribution in [3.63, 3.8) is 0 Å². The predicted octanol–water partition coefficient (Wildman–Crippen LogP) is 2.63. The average Bonchev–Trinajstić information content (AvgIpc) is 2.60. The van der Waals surface area contributed by atoms with Gasteiger partial charge in [-0.1, -0.05) is 11.6 Å². The van der Waals surface area contributed by atoms with E-state index in [4.69, 9.17) is 16.3 Å². The molecule has 2 rings (SSSR count). The zero-order valence-corrected chi connectivity index (χ0v) is 15.2. The summed E-state index contributed by atoms with van der Waals surface area (Å²) in [5.74, 6) is -1.08. The third-order valence-electron chi connectivity index (χ3n) is 3.37. The van der Waals surface area contributed by atoms with Crippen LogP contribution in [0.15, 0.2) is 53.4 Å². The normalized spacial score (nSPS) is 11.4. The molecule has 0 aliphatic heterocycles. The predicted molar refractivity (Wildman–Crippen MR) is 93.4 cm³/mol. The Balaban J connectivity index is 2.01. The van der Waals surface area contributed by atoms with Crippen molar-refractivity contribution in [3.05, 3.63) is 64.7 Å². The maximum absolute atomic E-state index is 12.0. The molecule has 0 aromatic heterocycles. The Labute approximate surface area is 151 Å². The third-order valence-corrected chi connectivity index (χ3v) is 5.45. The first-order chi connectivity index (χ1) is 11.7. The van der Waals surface area contributed by atoms with Gasteiger partial charge in [-0.3, -0.25) is 4.79 Å². The van der Waals surface area contributed by atoms with Gasteiger partial charge in [0.1, 0.15) is 0 Å². The number of rotatable bonds is 6. The van der Waals surface area contributed by atoms with Gasteiger partial charge in [0.15, 0.2) is 12.4 Å². The monoisotopic (exact) mass is 381 g/mol. The van der Waals surface area contributed by atoms with E-state index in [1.807, 2.05) is 0 Å². The van der Waals surface area contributed by atoms with E-state index in [0.717, 1.165) is 4.31 Å². The Kier molecular flexibility index (Phi) is 5.94. The topological polar surface area (TPSA) is 80.8 Å². The number of hydrogen-bond acceptors (Lipinski definition) is 5. The van der Waals surface area contributed by atoms with Crippen LogP contribution in [0.25, 0.3) is 0 Å². The number of ether oxygens (including phenoxy) is 1. The first kappa shape index (κ1) is 19.1. The number of halogens is 1. The summed E-state index contributed by atoms with van der Waals surface area (Å²) < 4.78 is 30.0. The van der Waals surface area contributed by atoms with Gasteiger partial charge in [0.25, 0.3) is 0 Å². The third kappa shape index (κ3) is 4.66. The molecule has 0 aliphatic carbocycles. The maximum atomic E-state index is 12.0. The molecule has 0 fully saturated rings. The van der Waals surface area contributed by atoms with Crippen LogP contribution in [0.4, 0.5) is 0 Å². The Bertz CT molecular complexity index is 874. The molecule has 0 aliphatic rings. The largest absolute Gasteiger partial charge is 0.454 e. The minimum atomic E-state index is -3.57. The van der Waals surface area contributed by atoms with Crippen LogP contribution in [-0.2, 0) is 14.8 Å². The summed E-state index contributed by atoms with van der Waals surface area (Å²) in [7, 11) is -0.735. The molecular weight excluding hydrogens is 366 g/mol.